The SMILES string of the molecule is OC1NN=C(Cc2ccncc2)c2ccccc21. The van der Waals surface area contributed by atoms with Gasteiger partial charge in [0.15, 0.2) is 6.23 Å². The maximum atomic E-state index is 9.82. The fraction of sp³-hybridized carbons (Fsp3) is 0.143. The molecule has 1 atom stereocenters. The Morgan fingerprint density at radius 2 is 1.89 bits per heavy atom. The molecule has 2 heterocycles. The number of nitrogens with one attached hydrogen (secondary N) is 1. The van der Waals surface area contributed by atoms with E-state index in [0.717, 1.165) is 28.8 Å². The first-order chi connectivity index (χ1) is 8.84. The molecule has 90 valence electrons. The summed E-state index contributed by atoms with van der Waals surface area (Å²) in [6, 6.07) is 11.7. The number of hydrogen-bond donors (Lipinski definition) is 2. The van der Waals surface area contributed by atoms with Gasteiger partial charge in [-0.15, -0.1) is 0 Å². The van der Waals surface area contributed by atoms with Gasteiger partial charge in [-0.1, -0.05) is 24.3 Å². The smallest absolute Gasteiger partial charge is 0.166 e. The third-order valence-electron chi connectivity index (χ3n) is 3.01. The zero-order valence-corrected chi connectivity index (χ0v) is 9.74. The topological polar surface area (TPSA) is 57.5 Å². The van der Waals surface area contributed by atoms with Crippen LogP contribution in [0.4, 0.5) is 0 Å². The molecule has 2 N–H and O–H groups in total. The molecule has 1 aromatic heterocycles. The standard InChI is InChI=1S/C14H13N3O/c18-14-12-4-2-1-3-11(12)13(16-17-14)9-10-5-7-15-8-6-10/h1-8,14,17-18H,9H2. The van der Waals surface area contributed by atoms with Gasteiger partial charge in [0, 0.05) is 29.9 Å². The summed E-state index contributed by atoms with van der Waals surface area (Å²) in [7, 11) is 0. The minimum absolute atomic E-state index is 0.720. The van der Waals surface area contributed by atoms with Gasteiger partial charge in [-0.25, -0.2) is 0 Å². The maximum absolute atomic E-state index is 9.82. The van der Waals surface area contributed by atoms with E-state index in [0.29, 0.717) is 0 Å². The molecular weight excluding hydrogens is 226 g/mol. The van der Waals surface area contributed by atoms with Gasteiger partial charge in [0.1, 0.15) is 0 Å². The van der Waals surface area contributed by atoms with Crippen molar-refractivity contribution in [1.29, 1.82) is 0 Å². The zero-order chi connectivity index (χ0) is 12.4. The highest BCUT2D eigenvalue weighted by Crippen LogP contribution is 2.22. The van der Waals surface area contributed by atoms with Gasteiger partial charge in [-0.2, -0.15) is 5.10 Å². The quantitative estimate of drug-likeness (QED) is 0.837. The van der Waals surface area contributed by atoms with E-state index in [1.165, 1.54) is 0 Å². The number of benzene rings is 1. The monoisotopic (exact) mass is 239 g/mol. The molecule has 0 bridgehead atoms. The highest BCUT2D eigenvalue weighted by Gasteiger charge is 2.19. The van der Waals surface area contributed by atoms with Gasteiger partial charge in [0.05, 0.1) is 5.71 Å². The summed E-state index contributed by atoms with van der Waals surface area (Å²) in [5, 5.41) is 14.1. The molecule has 0 spiro atoms. The van der Waals surface area contributed by atoms with Crippen molar-refractivity contribution >= 4 is 5.71 Å². The average Bonchev–Trinajstić information content (AvgIpc) is 2.44. The van der Waals surface area contributed by atoms with Crippen LogP contribution in [0.3, 0.4) is 0 Å². The van der Waals surface area contributed by atoms with E-state index in [2.05, 4.69) is 15.5 Å². The molecular formula is C14H13N3O. The summed E-state index contributed by atoms with van der Waals surface area (Å²) in [4.78, 5) is 4.00. The number of aromatic nitrogens is 1. The molecule has 1 unspecified atom stereocenters. The summed E-state index contributed by atoms with van der Waals surface area (Å²) >= 11 is 0. The lowest BCUT2D eigenvalue weighted by atomic mass is 9.96. The Morgan fingerprint density at radius 3 is 2.72 bits per heavy atom. The molecule has 18 heavy (non-hydrogen) atoms. The maximum Gasteiger partial charge on any atom is 0.166 e. The van der Waals surface area contributed by atoms with Crippen LogP contribution in [-0.4, -0.2) is 15.8 Å². The number of fused-ring (bicyclic) bond motifs is 1. The Bertz CT molecular complexity index is 581. The van der Waals surface area contributed by atoms with Gasteiger partial charge in [0.2, 0.25) is 0 Å². The molecule has 0 amide bonds. The number of rotatable bonds is 2. The molecule has 0 saturated carbocycles. The normalized spacial score (nSPS) is 17.6. The molecule has 1 aliphatic rings. The molecule has 0 fully saturated rings. The lowest BCUT2D eigenvalue weighted by Crippen LogP contribution is -2.26. The first-order valence-corrected chi connectivity index (χ1v) is 5.83. The first kappa shape index (κ1) is 10.9. The van der Waals surface area contributed by atoms with E-state index in [9.17, 15) is 5.11 Å². The van der Waals surface area contributed by atoms with Gasteiger partial charge in [-0.05, 0) is 17.7 Å². The van der Waals surface area contributed by atoms with Crippen molar-refractivity contribution in [2.75, 3.05) is 0 Å². The second kappa shape index (κ2) is 4.58. The fourth-order valence-corrected chi connectivity index (χ4v) is 2.10. The largest absolute Gasteiger partial charge is 0.368 e. The second-order valence-electron chi connectivity index (χ2n) is 4.21. The van der Waals surface area contributed by atoms with E-state index in [-0.39, 0.29) is 0 Å². The van der Waals surface area contributed by atoms with Crippen LogP contribution in [-0.2, 0) is 6.42 Å². The van der Waals surface area contributed by atoms with E-state index in [1.807, 2.05) is 36.4 Å². The lowest BCUT2D eigenvalue weighted by Gasteiger charge is -2.22. The second-order valence-corrected chi connectivity index (χ2v) is 4.21. The van der Waals surface area contributed by atoms with Gasteiger partial charge >= 0.3 is 0 Å². The van der Waals surface area contributed by atoms with Crippen LogP contribution < -0.4 is 5.43 Å². The van der Waals surface area contributed by atoms with Gasteiger partial charge < -0.3 is 5.11 Å². The summed E-state index contributed by atoms with van der Waals surface area (Å²) < 4.78 is 0. The molecule has 2 aromatic rings. The molecule has 4 nitrogen and oxygen atoms in total. The number of pyridine rings is 1. The van der Waals surface area contributed by atoms with Crippen molar-refractivity contribution in [3.05, 3.63) is 65.5 Å². The van der Waals surface area contributed by atoms with Crippen LogP contribution in [0.15, 0.2) is 53.9 Å². The van der Waals surface area contributed by atoms with Crippen molar-refractivity contribution in [3.63, 3.8) is 0 Å². The lowest BCUT2D eigenvalue weighted by molar-refractivity contribution is 0.138. The van der Waals surface area contributed by atoms with Crippen LogP contribution in [0.1, 0.15) is 22.9 Å². The van der Waals surface area contributed by atoms with Crippen LogP contribution in [0, 0.1) is 0 Å². The molecule has 4 heteroatoms. The summed E-state index contributed by atoms with van der Waals surface area (Å²) in [5.74, 6) is 0. The Labute approximate surface area is 105 Å². The minimum atomic E-state index is -0.720. The Morgan fingerprint density at radius 1 is 1.11 bits per heavy atom. The zero-order valence-electron chi connectivity index (χ0n) is 9.74. The van der Waals surface area contributed by atoms with Crippen molar-refractivity contribution in [2.24, 2.45) is 5.10 Å². The molecule has 1 aliphatic heterocycles. The van der Waals surface area contributed by atoms with Crippen LogP contribution in [0.25, 0.3) is 0 Å². The van der Waals surface area contributed by atoms with Gasteiger partial charge in [-0.3, -0.25) is 10.4 Å². The van der Waals surface area contributed by atoms with Gasteiger partial charge in [0.25, 0.3) is 0 Å². The third-order valence-corrected chi connectivity index (χ3v) is 3.01. The van der Waals surface area contributed by atoms with E-state index < -0.39 is 6.23 Å². The Kier molecular flexibility index (Phi) is 2.78. The number of nitrogens with zero attached hydrogens (tertiary/aromatic N) is 2. The summed E-state index contributed by atoms with van der Waals surface area (Å²) in [6.45, 7) is 0. The van der Waals surface area contributed by atoms with E-state index in [4.69, 9.17) is 0 Å². The predicted molar refractivity (Wildman–Crippen MR) is 69.0 cm³/mol. The average molecular weight is 239 g/mol. The van der Waals surface area contributed by atoms with E-state index >= 15 is 0 Å². The number of aliphatic hydroxyl groups excluding tert-OH is 1. The number of aliphatic hydroxyl groups is 1. The summed E-state index contributed by atoms with van der Waals surface area (Å²) in [6.07, 6.45) is 3.54. The number of hydrogen-bond acceptors (Lipinski definition) is 4. The highest BCUT2D eigenvalue weighted by atomic mass is 16.3. The molecule has 1 aromatic carbocycles. The first-order valence-electron chi connectivity index (χ1n) is 5.83. The molecule has 0 saturated heterocycles. The van der Waals surface area contributed by atoms with Crippen molar-refractivity contribution in [1.82, 2.24) is 10.4 Å². The van der Waals surface area contributed by atoms with Crippen LogP contribution in [0.2, 0.25) is 0 Å². The summed E-state index contributed by atoms with van der Waals surface area (Å²) in [5.41, 5.74) is 6.69. The predicted octanol–water partition coefficient (Wildman–Crippen LogP) is 1.62. The van der Waals surface area contributed by atoms with Crippen LogP contribution in [0.5, 0.6) is 0 Å². The Balaban J connectivity index is 1.94. The number of hydrazone groups is 1. The highest BCUT2D eigenvalue weighted by molar-refractivity contribution is 6.03. The molecule has 3 rings (SSSR count). The third kappa shape index (κ3) is 1.98. The van der Waals surface area contributed by atoms with Crippen molar-refractivity contribution in [3.8, 4) is 0 Å². The minimum Gasteiger partial charge on any atom is -0.368 e. The van der Waals surface area contributed by atoms with Crippen molar-refractivity contribution < 1.29 is 5.11 Å². The Hall–Kier alpha value is -2.20. The molecule has 0 aliphatic carbocycles. The van der Waals surface area contributed by atoms with E-state index in [1.54, 1.807) is 12.4 Å². The fourth-order valence-electron chi connectivity index (χ4n) is 2.10. The molecule has 0 radical (unpaired) electrons. The van der Waals surface area contributed by atoms with Crippen LogP contribution >= 0.6 is 0 Å². The van der Waals surface area contributed by atoms with Crippen molar-refractivity contribution in [2.45, 2.75) is 12.6 Å².